The zero-order chi connectivity index (χ0) is 39.6. The summed E-state index contributed by atoms with van der Waals surface area (Å²) in [6, 6.07) is 23.3. The Bertz CT molecular complexity index is 2500. The van der Waals surface area contributed by atoms with Crippen LogP contribution in [0.4, 0.5) is 0 Å². The van der Waals surface area contributed by atoms with Crippen molar-refractivity contribution in [1.82, 2.24) is 0 Å². The zero-order valence-corrected chi connectivity index (χ0v) is 55.2. The predicted molar refractivity (Wildman–Crippen MR) is 298 cm³/mol. The van der Waals surface area contributed by atoms with E-state index in [1.165, 1.54) is 10.8 Å². The summed E-state index contributed by atoms with van der Waals surface area (Å²) in [6.45, 7) is 0. The van der Waals surface area contributed by atoms with Gasteiger partial charge in [-0.25, -0.2) is 0 Å². The van der Waals surface area contributed by atoms with Crippen molar-refractivity contribution in [3.63, 3.8) is 0 Å². The maximum atomic E-state index is 4.17. The van der Waals surface area contributed by atoms with E-state index in [1.807, 2.05) is 0 Å². The molecule has 0 N–H and O–H groups in total. The fourth-order valence-electron chi connectivity index (χ4n) is 6.04. The van der Waals surface area contributed by atoms with Crippen LogP contribution in [-0.2, 0) is 6.47 Å². The molecule has 280 valence electrons. The van der Waals surface area contributed by atoms with Gasteiger partial charge in [-0.1, -0.05) is 258 Å². The standard InChI is InChI=1S/C34H11Br19/c35-22-17-11-10-16-19(20(17)24(37)28(41)26(22)39)23(36)27(40)25(38)21(16)30(44,45)32(48,49)34(52,53)33(50,51)31(46,47)29(42,43)18-7-3-6-14-13-5-2-1-4-12(13)8-9-15(14)18/h1-11H. The highest BCUT2D eigenvalue weighted by Gasteiger charge is 2.74. The van der Waals surface area contributed by atoms with E-state index in [0.29, 0.717) is 0 Å². The quantitative estimate of drug-likeness (QED) is 0.0647. The molecule has 0 heterocycles. The molecule has 0 saturated carbocycles. The van der Waals surface area contributed by atoms with Crippen LogP contribution in [0.15, 0.2) is 98.0 Å². The third kappa shape index (κ3) is 7.51. The second kappa shape index (κ2) is 17.1. The smallest absolute Gasteiger partial charge is 0.0675 e. The number of hydrogen-bond donors (Lipinski definition) is 0. The van der Waals surface area contributed by atoms with Gasteiger partial charge in [0.2, 0.25) is 0 Å². The van der Waals surface area contributed by atoms with Crippen molar-refractivity contribution in [3.8, 4) is 0 Å². The summed E-state index contributed by atoms with van der Waals surface area (Å²) in [5.74, 6) is 0. The van der Waals surface area contributed by atoms with Crippen molar-refractivity contribution in [2.45, 2.75) is 19.4 Å². The second-order valence-corrected chi connectivity index (χ2v) is 37.8. The molecular formula is C34H11Br19. The molecule has 0 spiro atoms. The summed E-state index contributed by atoms with van der Waals surface area (Å²) < 4.78 is -0.300. The summed E-state index contributed by atoms with van der Waals surface area (Å²) in [7, 11) is 0. The first kappa shape index (κ1) is 47.9. The first-order valence-electron chi connectivity index (χ1n) is 14.2. The molecule has 19 heteroatoms. The molecule has 0 bridgehead atoms. The third-order valence-corrected chi connectivity index (χ3v) is 41.2. The van der Waals surface area contributed by atoms with Crippen LogP contribution in [0.2, 0.25) is 0 Å². The van der Waals surface area contributed by atoms with Crippen molar-refractivity contribution >= 4 is 346 Å². The van der Waals surface area contributed by atoms with Crippen LogP contribution in [-0.4, -0.2) is 12.9 Å². The number of rotatable bonds is 7. The maximum absolute atomic E-state index is 4.17. The molecule has 0 unspecified atom stereocenters. The minimum absolute atomic E-state index is 0.812. The van der Waals surface area contributed by atoms with E-state index in [4.69, 9.17) is 0 Å². The van der Waals surface area contributed by atoms with Crippen molar-refractivity contribution in [3.05, 3.63) is 109 Å². The van der Waals surface area contributed by atoms with Crippen LogP contribution in [0.3, 0.4) is 0 Å². The fraction of sp³-hybridized carbons (Fsp3) is 0.176. The molecule has 0 aromatic heterocycles. The molecule has 0 aliphatic rings. The van der Waals surface area contributed by atoms with Gasteiger partial charge in [0.1, 0.15) is 19.4 Å². The largest absolute Gasteiger partial charge is 0.137 e. The highest BCUT2D eigenvalue weighted by molar-refractivity contribution is 9.36. The highest BCUT2D eigenvalue weighted by Crippen LogP contribution is 2.77. The fourth-order valence-corrected chi connectivity index (χ4v) is 22.4. The summed E-state index contributed by atoms with van der Waals surface area (Å²) in [5, 5.41) is 8.50. The van der Waals surface area contributed by atoms with Gasteiger partial charge in [-0.15, -0.1) is 0 Å². The summed E-state index contributed by atoms with van der Waals surface area (Å²) in [6.07, 6.45) is 0. The lowest BCUT2D eigenvalue weighted by Crippen LogP contribution is -2.63. The van der Waals surface area contributed by atoms with E-state index in [9.17, 15) is 0 Å². The molecule has 0 aliphatic carbocycles. The summed E-state index contributed by atoms with van der Waals surface area (Å²) in [4.78, 5) is 0. The van der Waals surface area contributed by atoms with E-state index in [-0.39, 0.29) is 0 Å². The van der Waals surface area contributed by atoms with Gasteiger partial charge < -0.3 is 0 Å². The topological polar surface area (TPSA) is 0 Å². The molecule has 0 atom stereocenters. The summed E-state index contributed by atoms with van der Waals surface area (Å²) in [5.41, 5.74) is 1.86. The Morgan fingerprint density at radius 2 is 0.755 bits per heavy atom. The minimum Gasteiger partial charge on any atom is -0.0675 e. The van der Waals surface area contributed by atoms with Crippen LogP contribution < -0.4 is 0 Å². The van der Waals surface area contributed by atoms with Crippen molar-refractivity contribution in [2.75, 3.05) is 0 Å². The second-order valence-electron chi connectivity index (χ2n) is 11.6. The Morgan fingerprint density at radius 3 is 1.36 bits per heavy atom. The zero-order valence-electron chi connectivity index (χ0n) is 25.0. The normalized spacial score (nSPS) is 13.9. The molecule has 0 nitrogen and oxygen atoms in total. The first-order valence-corrected chi connectivity index (χ1v) is 29.3. The van der Waals surface area contributed by atoms with Gasteiger partial charge in [0, 0.05) is 47.6 Å². The van der Waals surface area contributed by atoms with Gasteiger partial charge in [0.15, 0.2) is 0 Å². The Kier molecular flexibility index (Phi) is 15.5. The molecule has 0 amide bonds. The van der Waals surface area contributed by atoms with Crippen LogP contribution in [0.25, 0.3) is 43.1 Å². The Balaban J connectivity index is 1.56. The molecule has 6 aromatic carbocycles. The van der Waals surface area contributed by atoms with E-state index in [0.717, 1.165) is 74.8 Å². The van der Waals surface area contributed by atoms with Crippen LogP contribution in [0.5, 0.6) is 0 Å². The van der Waals surface area contributed by atoms with Gasteiger partial charge in [0.05, 0.1) is 0 Å². The molecule has 6 rings (SSSR count). The van der Waals surface area contributed by atoms with Gasteiger partial charge in [-0.3, -0.25) is 0 Å². The molecule has 0 saturated heterocycles. The van der Waals surface area contributed by atoms with Gasteiger partial charge in [-0.2, -0.15) is 0 Å². The molecule has 6 aromatic rings. The number of benzene rings is 6. The Labute approximate surface area is 465 Å². The first-order chi connectivity index (χ1) is 24.3. The van der Waals surface area contributed by atoms with Crippen molar-refractivity contribution in [1.29, 1.82) is 0 Å². The lowest BCUT2D eigenvalue weighted by molar-refractivity contribution is 0.605. The number of alkyl halides is 12. The molecule has 0 fully saturated rings. The molecule has 0 aliphatic heterocycles. The van der Waals surface area contributed by atoms with E-state index < -0.39 is 19.4 Å². The maximum Gasteiger partial charge on any atom is 0.137 e. The highest BCUT2D eigenvalue weighted by atomic mass is 79.9. The van der Waals surface area contributed by atoms with Crippen LogP contribution in [0, 0.1) is 0 Å². The minimum atomic E-state index is -1.14. The predicted octanol–water partition coefficient (Wildman–Crippen LogP) is 22.2. The van der Waals surface area contributed by atoms with E-state index in [1.54, 1.807) is 0 Å². The molecule has 53 heavy (non-hydrogen) atoms. The van der Waals surface area contributed by atoms with Gasteiger partial charge >= 0.3 is 0 Å². The Hall–Kier alpha value is 5.48. The third-order valence-electron chi connectivity index (χ3n) is 8.74. The number of halogens is 19. The lowest BCUT2D eigenvalue weighted by Gasteiger charge is -2.55. The lowest BCUT2D eigenvalue weighted by atomic mass is 9.93. The van der Waals surface area contributed by atoms with Crippen LogP contribution in [0.1, 0.15) is 11.1 Å². The van der Waals surface area contributed by atoms with Crippen molar-refractivity contribution in [2.24, 2.45) is 0 Å². The number of fused-ring (bicyclic) bond motifs is 6. The molecular weight excluding hydrogens is 1930 g/mol. The van der Waals surface area contributed by atoms with Gasteiger partial charge in [0.25, 0.3) is 0 Å². The monoisotopic (exact) mass is 1920 g/mol. The number of hydrogen-bond acceptors (Lipinski definition) is 0. The van der Waals surface area contributed by atoms with Crippen molar-refractivity contribution < 1.29 is 0 Å². The van der Waals surface area contributed by atoms with Crippen LogP contribution >= 0.6 is 303 Å². The van der Waals surface area contributed by atoms with E-state index in [2.05, 4.69) is 369 Å². The SMILES string of the molecule is Brc1c(Br)c(Br)c2c(ccc3c(C(Br)(Br)C(Br)(Br)C(Br)(Br)C(Br)(Br)C(Br)(Br)C(Br)(Br)c4cccc5c4ccc4ccccc45)c(Br)c(Br)c(Br)c32)c1Br. The average molecular weight is 1940 g/mol. The average Bonchev–Trinajstić information content (AvgIpc) is 3.10. The van der Waals surface area contributed by atoms with E-state index >= 15 is 0 Å². The summed E-state index contributed by atoms with van der Waals surface area (Å²) >= 11 is 76.8. The molecule has 0 radical (unpaired) electrons. The van der Waals surface area contributed by atoms with Gasteiger partial charge in [-0.05, 0) is 149 Å². The Morgan fingerprint density at radius 1 is 0.302 bits per heavy atom.